The lowest BCUT2D eigenvalue weighted by Crippen LogP contribution is -2.35. The molecule has 0 radical (unpaired) electrons. The van der Waals surface area contributed by atoms with Crippen LogP contribution < -0.4 is 10.1 Å². The van der Waals surface area contributed by atoms with Gasteiger partial charge in [-0.25, -0.2) is 9.37 Å². The van der Waals surface area contributed by atoms with Crippen molar-refractivity contribution in [3.8, 4) is 5.75 Å². The molecule has 2 rings (SSSR count). The van der Waals surface area contributed by atoms with Crippen LogP contribution in [0.3, 0.4) is 0 Å². The average Bonchev–Trinajstić information content (AvgIpc) is 2.88. The van der Waals surface area contributed by atoms with E-state index >= 15 is 0 Å². The van der Waals surface area contributed by atoms with E-state index in [4.69, 9.17) is 4.74 Å². The van der Waals surface area contributed by atoms with Crippen LogP contribution in [-0.4, -0.2) is 21.7 Å². The van der Waals surface area contributed by atoms with Gasteiger partial charge in [-0.1, -0.05) is 0 Å². The van der Waals surface area contributed by atoms with E-state index in [9.17, 15) is 4.39 Å². The molecule has 0 bridgehead atoms. The van der Waals surface area contributed by atoms with Gasteiger partial charge < -0.3 is 14.6 Å². The van der Waals surface area contributed by atoms with Crippen molar-refractivity contribution in [2.75, 3.05) is 6.61 Å². The van der Waals surface area contributed by atoms with E-state index in [1.807, 2.05) is 16.8 Å². The third-order valence-corrected chi connectivity index (χ3v) is 2.93. The van der Waals surface area contributed by atoms with Crippen molar-refractivity contribution in [1.29, 1.82) is 0 Å². The summed E-state index contributed by atoms with van der Waals surface area (Å²) >= 11 is 0. The predicted molar refractivity (Wildman–Crippen MR) is 80.7 cm³/mol. The maximum Gasteiger partial charge on any atom is 0.127 e. The lowest BCUT2D eigenvalue weighted by Gasteiger charge is -2.20. The average molecular weight is 291 g/mol. The fourth-order valence-corrected chi connectivity index (χ4v) is 1.86. The molecule has 0 atom stereocenters. The van der Waals surface area contributed by atoms with Crippen LogP contribution in [0.5, 0.6) is 5.75 Å². The monoisotopic (exact) mass is 291 g/mol. The Morgan fingerprint density at radius 2 is 2.10 bits per heavy atom. The van der Waals surface area contributed by atoms with Gasteiger partial charge >= 0.3 is 0 Å². The van der Waals surface area contributed by atoms with E-state index in [1.54, 1.807) is 12.5 Å². The van der Waals surface area contributed by atoms with Crippen molar-refractivity contribution in [3.63, 3.8) is 0 Å². The summed E-state index contributed by atoms with van der Waals surface area (Å²) in [4.78, 5) is 3.96. The molecule has 0 unspecified atom stereocenters. The van der Waals surface area contributed by atoms with E-state index in [0.717, 1.165) is 5.56 Å². The number of imidazole rings is 1. The van der Waals surface area contributed by atoms with Crippen molar-refractivity contribution < 1.29 is 9.13 Å². The Morgan fingerprint density at radius 3 is 2.76 bits per heavy atom. The number of rotatable bonds is 6. The van der Waals surface area contributed by atoms with Crippen molar-refractivity contribution in [3.05, 3.63) is 48.3 Å². The van der Waals surface area contributed by atoms with Crippen LogP contribution in [0.15, 0.2) is 36.9 Å². The fourth-order valence-electron chi connectivity index (χ4n) is 1.86. The van der Waals surface area contributed by atoms with Gasteiger partial charge in [-0.2, -0.15) is 0 Å². The van der Waals surface area contributed by atoms with Gasteiger partial charge in [-0.3, -0.25) is 0 Å². The number of ether oxygens (including phenoxy) is 1. The molecule has 5 heteroatoms. The van der Waals surface area contributed by atoms with Crippen molar-refractivity contribution in [1.82, 2.24) is 14.9 Å². The quantitative estimate of drug-likeness (QED) is 0.889. The third kappa shape index (κ3) is 5.55. The van der Waals surface area contributed by atoms with Gasteiger partial charge in [0.2, 0.25) is 0 Å². The number of benzene rings is 1. The summed E-state index contributed by atoms with van der Waals surface area (Å²) in [6, 6.07) is 4.81. The highest BCUT2D eigenvalue weighted by Crippen LogP contribution is 2.17. The van der Waals surface area contributed by atoms with Gasteiger partial charge in [0.15, 0.2) is 0 Å². The number of nitrogens with one attached hydrogen (secondary N) is 1. The minimum atomic E-state index is -0.277. The van der Waals surface area contributed by atoms with E-state index in [2.05, 4.69) is 31.1 Å². The number of hydrogen-bond donors (Lipinski definition) is 1. The van der Waals surface area contributed by atoms with Gasteiger partial charge in [0.05, 0.1) is 12.9 Å². The van der Waals surface area contributed by atoms with E-state index < -0.39 is 0 Å². The van der Waals surface area contributed by atoms with Crippen LogP contribution in [0.1, 0.15) is 26.3 Å². The standard InChI is InChI=1S/C16H22FN3O/c1-16(2,3)19-11-13-8-14(17)10-15(9-13)21-7-6-20-5-4-18-12-20/h4-5,8-10,12,19H,6-7,11H2,1-3H3. The summed E-state index contributed by atoms with van der Waals surface area (Å²) in [5.41, 5.74) is 0.872. The molecule has 114 valence electrons. The molecule has 0 aliphatic carbocycles. The first-order valence-corrected chi connectivity index (χ1v) is 7.05. The summed E-state index contributed by atoms with van der Waals surface area (Å²) in [6.07, 6.45) is 5.32. The molecule has 0 fully saturated rings. The van der Waals surface area contributed by atoms with Gasteiger partial charge in [-0.05, 0) is 38.5 Å². The zero-order valence-corrected chi connectivity index (χ0v) is 12.8. The second-order valence-electron chi connectivity index (χ2n) is 6.05. The van der Waals surface area contributed by atoms with Crippen LogP contribution in [0.2, 0.25) is 0 Å². The number of halogens is 1. The molecule has 4 nitrogen and oxygen atoms in total. The zero-order chi connectivity index (χ0) is 15.3. The molecule has 0 amide bonds. The minimum absolute atomic E-state index is 0.00520. The lowest BCUT2D eigenvalue weighted by molar-refractivity contribution is 0.296. The third-order valence-electron chi connectivity index (χ3n) is 2.93. The Labute approximate surface area is 125 Å². The second-order valence-corrected chi connectivity index (χ2v) is 6.05. The molecule has 0 saturated carbocycles. The van der Waals surface area contributed by atoms with Gasteiger partial charge in [0.1, 0.15) is 18.2 Å². The minimum Gasteiger partial charge on any atom is -0.492 e. The van der Waals surface area contributed by atoms with E-state index in [-0.39, 0.29) is 11.4 Å². The summed E-state index contributed by atoms with van der Waals surface area (Å²) < 4.78 is 21.2. The largest absolute Gasteiger partial charge is 0.492 e. The Hall–Kier alpha value is -1.88. The Bertz CT molecular complexity index is 561. The van der Waals surface area contributed by atoms with Crippen LogP contribution >= 0.6 is 0 Å². The summed E-state index contributed by atoms with van der Waals surface area (Å²) in [5.74, 6) is 0.279. The molecular formula is C16H22FN3O. The molecular weight excluding hydrogens is 269 g/mol. The van der Waals surface area contributed by atoms with Gasteiger partial charge in [0.25, 0.3) is 0 Å². The van der Waals surface area contributed by atoms with Crippen LogP contribution in [-0.2, 0) is 13.1 Å². The van der Waals surface area contributed by atoms with Crippen LogP contribution in [0.4, 0.5) is 4.39 Å². The summed E-state index contributed by atoms with van der Waals surface area (Å²) in [5, 5.41) is 3.34. The topological polar surface area (TPSA) is 39.1 Å². The molecule has 21 heavy (non-hydrogen) atoms. The summed E-state index contributed by atoms with van der Waals surface area (Å²) in [6.45, 7) is 8.01. The second kappa shape index (κ2) is 6.72. The first kappa shape index (κ1) is 15.5. The lowest BCUT2D eigenvalue weighted by atomic mass is 10.1. The van der Waals surface area contributed by atoms with Crippen molar-refractivity contribution in [2.24, 2.45) is 0 Å². The first-order chi connectivity index (χ1) is 9.92. The molecule has 1 aromatic heterocycles. The zero-order valence-electron chi connectivity index (χ0n) is 12.8. The van der Waals surface area contributed by atoms with E-state index in [0.29, 0.717) is 25.4 Å². The molecule has 1 heterocycles. The highest BCUT2D eigenvalue weighted by molar-refractivity contribution is 5.29. The molecule has 0 saturated heterocycles. The maximum atomic E-state index is 13.6. The SMILES string of the molecule is CC(C)(C)NCc1cc(F)cc(OCCn2ccnc2)c1. The van der Waals surface area contributed by atoms with Crippen LogP contribution in [0.25, 0.3) is 0 Å². The molecule has 0 spiro atoms. The number of hydrogen-bond acceptors (Lipinski definition) is 3. The molecule has 1 aromatic carbocycles. The first-order valence-electron chi connectivity index (χ1n) is 7.05. The van der Waals surface area contributed by atoms with E-state index in [1.165, 1.54) is 12.1 Å². The smallest absolute Gasteiger partial charge is 0.127 e. The van der Waals surface area contributed by atoms with Crippen LogP contribution in [0, 0.1) is 5.82 Å². The highest BCUT2D eigenvalue weighted by Gasteiger charge is 2.09. The molecule has 1 N–H and O–H groups in total. The normalized spacial score (nSPS) is 11.6. The Morgan fingerprint density at radius 1 is 1.29 bits per heavy atom. The number of aromatic nitrogens is 2. The Balaban J connectivity index is 1.91. The molecule has 0 aliphatic rings. The van der Waals surface area contributed by atoms with Crippen molar-refractivity contribution in [2.45, 2.75) is 39.4 Å². The van der Waals surface area contributed by atoms with Crippen molar-refractivity contribution >= 4 is 0 Å². The van der Waals surface area contributed by atoms with Gasteiger partial charge in [-0.15, -0.1) is 0 Å². The Kier molecular flexibility index (Phi) is 4.96. The maximum absolute atomic E-state index is 13.6. The molecule has 2 aromatic rings. The summed E-state index contributed by atoms with van der Waals surface area (Å²) in [7, 11) is 0. The number of nitrogens with zero attached hydrogens (tertiary/aromatic N) is 2. The fraction of sp³-hybridized carbons (Fsp3) is 0.438. The van der Waals surface area contributed by atoms with Gasteiger partial charge in [0, 0.05) is 30.5 Å². The highest BCUT2D eigenvalue weighted by atomic mass is 19.1. The predicted octanol–water partition coefficient (Wildman–Crippen LogP) is 2.99. The molecule has 0 aliphatic heterocycles.